The highest BCUT2D eigenvalue weighted by atomic mass is 16.5. The molecule has 0 saturated heterocycles. The van der Waals surface area contributed by atoms with Crippen LogP contribution in [0.25, 0.3) is 0 Å². The van der Waals surface area contributed by atoms with Crippen molar-refractivity contribution in [3.63, 3.8) is 0 Å². The van der Waals surface area contributed by atoms with Gasteiger partial charge in [0.25, 0.3) is 5.91 Å². The van der Waals surface area contributed by atoms with Gasteiger partial charge in [0.05, 0.1) is 18.9 Å². The molecule has 0 radical (unpaired) electrons. The van der Waals surface area contributed by atoms with Gasteiger partial charge in [-0.1, -0.05) is 12.1 Å². The smallest absolute Gasteiger partial charge is 0.337 e. The van der Waals surface area contributed by atoms with Crippen LogP contribution in [0.2, 0.25) is 0 Å². The summed E-state index contributed by atoms with van der Waals surface area (Å²) in [7, 11) is 1.33. The van der Waals surface area contributed by atoms with Crippen molar-refractivity contribution in [1.82, 2.24) is 15.6 Å². The Morgan fingerprint density at radius 3 is 2.83 bits per heavy atom. The highest BCUT2D eigenvalue weighted by Gasteiger charge is 2.22. The van der Waals surface area contributed by atoms with Gasteiger partial charge in [0.1, 0.15) is 0 Å². The molecule has 1 heterocycles. The molecule has 3 rings (SSSR count). The van der Waals surface area contributed by atoms with E-state index in [9.17, 15) is 9.59 Å². The minimum absolute atomic E-state index is 0.327. The van der Waals surface area contributed by atoms with Gasteiger partial charge in [-0.25, -0.2) is 10.2 Å². The monoisotopic (exact) mass is 312 g/mol. The number of carbonyl (C=O) groups excluding carboxylic acids is 2. The Hall–Kier alpha value is -2.96. The fourth-order valence-corrected chi connectivity index (χ4v) is 2.55. The number of aryl methyl sites for hydroxylation is 1. The van der Waals surface area contributed by atoms with E-state index in [1.165, 1.54) is 13.3 Å². The average Bonchev–Trinajstić information content (AvgIpc) is 3.18. The fourth-order valence-electron chi connectivity index (χ4n) is 2.55. The lowest BCUT2D eigenvalue weighted by molar-refractivity contribution is 0.0600. The molecular weight excluding hydrogens is 296 g/mol. The number of aromatic nitrogens is 2. The minimum Gasteiger partial charge on any atom is -0.465 e. The van der Waals surface area contributed by atoms with Crippen LogP contribution in [0.1, 0.15) is 44.1 Å². The Morgan fingerprint density at radius 2 is 2.09 bits per heavy atom. The maximum Gasteiger partial charge on any atom is 0.337 e. The molecule has 2 N–H and O–H groups in total. The van der Waals surface area contributed by atoms with Crippen molar-refractivity contribution >= 4 is 18.1 Å². The van der Waals surface area contributed by atoms with E-state index in [0.29, 0.717) is 11.3 Å². The summed E-state index contributed by atoms with van der Waals surface area (Å²) in [4.78, 5) is 23.4. The molecular formula is C16H16N4O3. The quantitative estimate of drug-likeness (QED) is 0.507. The highest BCUT2D eigenvalue weighted by Crippen LogP contribution is 2.22. The molecule has 1 aromatic carbocycles. The van der Waals surface area contributed by atoms with Gasteiger partial charge in [-0.15, -0.1) is 0 Å². The number of nitrogens with one attached hydrogen (secondary N) is 2. The molecule has 0 fully saturated rings. The number of benzene rings is 1. The van der Waals surface area contributed by atoms with Crippen molar-refractivity contribution < 1.29 is 14.3 Å². The molecule has 2 aromatic rings. The first-order valence-corrected chi connectivity index (χ1v) is 7.27. The first-order valence-electron chi connectivity index (χ1n) is 7.27. The molecule has 0 unspecified atom stereocenters. The van der Waals surface area contributed by atoms with Crippen molar-refractivity contribution in [3.05, 3.63) is 52.3 Å². The number of aromatic amines is 1. The van der Waals surface area contributed by atoms with Crippen LogP contribution in [0.4, 0.5) is 0 Å². The van der Waals surface area contributed by atoms with E-state index in [0.717, 1.165) is 36.1 Å². The van der Waals surface area contributed by atoms with Gasteiger partial charge in [0.15, 0.2) is 5.69 Å². The second kappa shape index (κ2) is 6.43. The van der Waals surface area contributed by atoms with E-state index >= 15 is 0 Å². The summed E-state index contributed by atoms with van der Waals surface area (Å²) in [5, 5.41) is 10.9. The van der Waals surface area contributed by atoms with Crippen LogP contribution in [-0.2, 0) is 17.6 Å². The highest BCUT2D eigenvalue weighted by molar-refractivity contribution is 5.95. The number of hydrogen-bond donors (Lipinski definition) is 2. The zero-order valence-corrected chi connectivity index (χ0v) is 12.6. The predicted octanol–water partition coefficient (Wildman–Crippen LogP) is 1.45. The standard InChI is InChI=1S/C16H16N4O3/c1-23-16(22)11-7-5-10(6-8-11)9-17-20-15(21)14-12-3-2-4-13(12)18-19-14/h5-9H,2-4H2,1H3,(H,18,19)(H,20,21)/b17-9+. The second-order valence-electron chi connectivity index (χ2n) is 5.20. The van der Waals surface area contributed by atoms with E-state index in [1.807, 2.05) is 0 Å². The van der Waals surface area contributed by atoms with Crippen molar-refractivity contribution in [1.29, 1.82) is 0 Å². The van der Waals surface area contributed by atoms with Crippen molar-refractivity contribution in [3.8, 4) is 0 Å². The van der Waals surface area contributed by atoms with Crippen molar-refractivity contribution in [2.75, 3.05) is 7.11 Å². The number of hydrogen-bond acceptors (Lipinski definition) is 5. The molecule has 1 amide bonds. The number of fused-ring (bicyclic) bond motifs is 1. The van der Waals surface area contributed by atoms with Gasteiger partial charge in [0.2, 0.25) is 0 Å². The molecule has 118 valence electrons. The van der Waals surface area contributed by atoms with Crippen LogP contribution in [-0.4, -0.2) is 35.4 Å². The molecule has 0 bridgehead atoms. The third-order valence-corrected chi connectivity index (χ3v) is 3.73. The Balaban J connectivity index is 1.62. The number of rotatable bonds is 4. The number of methoxy groups -OCH3 is 1. The van der Waals surface area contributed by atoms with E-state index < -0.39 is 5.97 Å². The van der Waals surface area contributed by atoms with Gasteiger partial charge in [-0.05, 0) is 37.0 Å². The Labute approximate surface area is 132 Å². The van der Waals surface area contributed by atoms with Crippen LogP contribution >= 0.6 is 0 Å². The SMILES string of the molecule is COC(=O)c1ccc(/C=N/NC(=O)c2n[nH]c3c2CCC3)cc1. The van der Waals surface area contributed by atoms with E-state index in [2.05, 4.69) is 25.5 Å². The van der Waals surface area contributed by atoms with E-state index in [-0.39, 0.29) is 5.91 Å². The second-order valence-corrected chi connectivity index (χ2v) is 5.20. The Bertz CT molecular complexity index is 762. The molecule has 0 atom stereocenters. The average molecular weight is 312 g/mol. The lowest BCUT2D eigenvalue weighted by Gasteiger charge is -2.00. The number of esters is 1. The maximum absolute atomic E-state index is 12.1. The van der Waals surface area contributed by atoms with Crippen LogP contribution in [0.15, 0.2) is 29.4 Å². The van der Waals surface area contributed by atoms with Crippen LogP contribution in [0.5, 0.6) is 0 Å². The van der Waals surface area contributed by atoms with Gasteiger partial charge < -0.3 is 4.74 Å². The molecule has 1 aliphatic rings. The van der Waals surface area contributed by atoms with Crippen LogP contribution < -0.4 is 5.43 Å². The van der Waals surface area contributed by atoms with Crippen molar-refractivity contribution in [2.24, 2.45) is 5.10 Å². The summed E-state index contributed by atoms with van der Waals surface area (Å²) in [6.45, 7) is 0. The molecule has 1 aromatic heterocycles. The summed E-state index contributed by atoms with van der Waals surface area (Å²) in [6, 6.07) is 6.70. The largest absolute Gasteiger partial charge is 0.465 e. The Morgan fingerprint density at radius 1 is 1.30 bits per heavy atom. The van der Waals surface area contributed by atoms with Gasteiger partial charge >= 0.3 is 5.97 Å². The number of H-pyrrole nitrogens is 1. The van der Waals surface area contributed by atoms with Gasteiger partial charge in [-0.2, -0.15) is 10.2 Å². The number of hydrazone groups is 1. The first kappa shape index (κ1) is 15.0. The number of carbonyl (C=O) groups is 2. The summed E-state index contributed by atoms with van der Waals surface area (Å²) >= 11 is 0. The topological polar surface area (TPSA) is 96.4 Å². The zero-order valence-electron chi connectivity index (χ0n) is 12.6. The fraction of sp³-hybridized carbons (Fsp3) is 0.250. The van der Waals surface area contributed by atoms with Crippen LogP contribution in [0, 0.1) is 0 Å². The van der Waals surface area contributed by atoms with Crippen molar-refractivity contribution in [2.45, 2.75) is 19.3 Å². The number of amides is 1. The molecule has 0 spiro atoms. The molecule has 7 heteroatoms. The van der Waals surface area contributed by atoms with Gasteiger partial charge in [0, 0.05) is 11.3 Å². The summed E-state index contributed by atoms with van der Waals surface area (Å²) in [5.41, 5.74) is 6.12. The van der Waals surface area contributed by atoms with E-state index in [4.69, 9.17) is 0 Å². The third kappa shape index (κ3) is 3.13. The number of ether oxygens (including phenoxy) is 1. The summed E-state index contributed by atoms with van der Waals surface area (Å²) < 4.78 is 4.63. The molecule has 0 saturated carbocycles. The third-order valence-electron chi connectivity index (χ3n) is 3.73. The van der Waals surface area contributed by atoms with E-state index in [1.54, 1.807) is 24.3 Å². The minimum atomic E-state index is -0.394. The molecule has 7 nitrogen and oxygen atoms in total. The number of nitrogens with zero attached hydrogens (tertiary/aromatic N) is 2. The predicted molar refractivity (Wildman–Crippen MR) is 83.5 cm³/mol. The molecule has 23 heavy (non-hydrogen) atoms. The zero-order chi connectivity index (χ0) is 16.2. The lowest BCUT2D eigenvalue weighted by Crippen LogP contribution is -2.19. The normalized spacial score (nSPS) is 13.1. The summed E-state index contributed by atoms with van der Waals surface area (Å²) in [6.07, 6.45) is 4.35. The maximum atomic E-state index is 12.1. The molecule has 1 aliphatic carbocycles. The Kier molecular flexibility index (Phi) is 4.18. The molecule has 0 aliphatic heterocycles. The lowest BCUT2D eigenvalue weighted by atomic mass is 10.1. The first-order chi connectivity index (χ1) is 11.2. The summed E-state index contributed by atoms with van der Waals surface area (Å²) in [5.74, 6) is -0.721. The van der Waals surface area contributed by atoms with Gasteiger partial charge in [-0.3, -0.25) is 9.89 Å². The van der Waals surface area contributed by atoms with Crippen LogP contribution in [0.3, 0.4) is 0 Å².